The van der Waals surface area contributed by atoms with Crippen molar-refractivity contribution < 1.29 is 4.74 Å². The summed E-state index contributed by atoms with van der Waals surface area (Å²) in [5.74, 6) is 1.53. The van der Waals surface area contributed by atoms with Crippen molar-refractivity contribution in [1.29, 1.82) is 0 Å². The van der Waals surface area contributed by atoms with Crippen LogP contribution in [0.25, 0.3) is 0 Å². The Kier molecular flexibility index (Phi) is 4.10. The lowest BCUT2D eigenvalue weighted by atomic mass is 10.3. The number of ether oxygens (including phenoxy) is 1. The molecule has 0 aliphatic heterocycles. The van der Waals surface area contributed by atoms with Gasteiger partial charge < -0.3 is 14.6 Å². The lowest BCUT2D eigenvalue weighted by molar-refractivity contribution is 0.416. The van der Waals surface area contributed by atoms with E-state index < -0.39 is 0 Å². The molecule has 5 heteroatoms. The normalized spacial score (nSPS) is 10.4. The molecule has 2 rings (SSSR count). The van der Waals surface area contributed by atoms with Gasteiger partial charge in [-0.2, -0.15) is 0 Å². The molecule has 1 heterocycles. The molecule has 1 aromatic heterocycles. The number of rotatable bonds is 5. The predicted octanol–water partition coefficient (Wildman–Crippen LogP) is 3.70. The van der Waals surface area contributed by atoms with Crippen molar-refractivity contribution in [2.75, 3.05) is 12.4 Å². The van der Waals surface area contributed by atoms with Gasteiger partial charge in [-0.25, -0.2) is 4.98 Å². The van der Waals surface area contributed by atoms with E-state index in [0.29, 0.717) is 5.02 Å². The fourth-order valence-corrected chi connectivity index (χ4v) is 1.93. The fourth-order valence-electron chi connectivity index (χ4n) is 1.75. The highest BCUT2D eigenvalue weighted by atomic mass is 35.5. The topological polar surface area (TPSA) is 39.1 Å². The summed E-state index contributed by atoms with van der Waals surface area (Å²) in [6.07, 6.45) is 4.77. The van der Waals surface area contributed by atoms with Crippen LogP contribution in [-0.2, 0) is 6.54 Å². The van der Waals surface area contributed by atoms with E-state index in [1.165, 1.54) is 0 Å². The Hall–Kier alpha value is -1.68. The molecule has 0 atom stereocenters. The summed E-state index contributed by atoms with van der Waals surface area (Å²) >= 11 is 5.99. The van der Waals surface area contributed by atoms with Crippen LogP contribution in [0.2, 0.25) is 5.02 Å². The molecule has 0 fully saturated rings. The summed E-state index contributed by atoms with van der Waals surface area (Å²) < 4.78 is 7.35. The van der Waals surface area contributed by atoms with E-state index in [1.807, 2.05) is 18.3 Å². The van der Waals surface area contributed by atoms with E-state index in [-0.39, 0.29) is 0 Å². The Labute approximate surface area is 112 Å². The number of imidazole rings is 1. The molecule has 0 spiro atoms. The molecular weight excluding hydrogens is 250 g/mol. The Morgan fingerprint density at radius 3 is 3.00 bits per heavy atom. The largest absolute Gasteiger partial charge is 0.495 e. The van der Waals surface area contributed by atoms with E-state index >= 15 is 0 Å². The van der Waals surface area contributed by atoms with Crippen molar-refractivity contribution >= 4 is 23.2 Å². The molecular formula is C13H16ClN3O. The summed E-state index contributed by atoms with van der Waals surface area (Å²) in [5.41, 5.74) is 0.813. The van der Waals surface area contributed by atoms with Gasteiger partial charge >= 0.3 is 0 Å². The van der Waals surface area contributed by atoms with Gasteiger partial charge in [0, 0.05) is 24.0 Å². The number of anilines is 2. The second-order valence-corrected chi connectivity index (χ2v) is 4.35. The smallest absolute Gasteiger partial charge is 0.207 e. The Morgan fingerprint density at radius 1 is 1.44 bits per heavy atom. The van der Waals surface area contributed by atoms with Gasteiger partial charge in [0.15, 0.2) is 0 Å². The molecule has 96 valence electrons. The maximum Gasteiger partial charge on any atom is 0.207 e. The van der Waals surface area contributed by atoms with Crippen LogP contribution in [0.1, 0.15) is 13.3 Å². The lowest BCUT2D eigenvalue weighted by Crippen LogP contribution is -2.03. The van der Waals surface area contributed by atoms with Crippen LogP contribution in [0.4, 0.5) is 11.6 Å². The first-order valence-corrected chi connectivity index (χ1v) is 6.24. The van der Waals surface area contributed by atoms with Crippen molar-refractivity contribution in [2.24, 2.45) is 0 Å². The molecule has 1 N–H and O–H groups in total. The Bertz CT molecular complexity index is 525. The highest BCUT2D eigenvalue weighted by Crippen LogP contribution is 2.29. The zero-order chi connectivity index (χ0) is 13.0. The first-order chi connectivity index (χ1) is 8.74. The van der Waals surface area contributed by atoms with Gasteiger partial charge in [0.05, 0.1) is 12.8 Å². The predicted molar refractivity (Wildman–Crippen MR) is 73.8 cm³/mol. The van der Waals surface area contributed by atoms with Crippen LogP contribution in [0.3, 0.4) is 0 Å². The number of methoxy groups -OCH3 is 1. The number of nitrogens with zero attached hydrogens (tertiary/aromatic N) is 2. The molecule has 0 aliphatic rings. The minimum atomic E-state index is 0.659. The van der Waals surface area contributed by atoms with Crippen molar-refractivity contribution in [1.82, 2.24) is 9.55 Å². The first-order valence-electron chi connectivity index (χ1n) is 5.86. The molecule has 0 aliphatic carbocycles. The summed E-state index contributed by atoms with van der Waals surface area (Å²) in [5, 5.41) is 3.90. The maximum atomic E-state index is 5.99. The van der Waals surface area contributed by atoms with Crippen LogP contribution >= 0.6 is 11.6 Å². The van der Waals surface area contributed by atoms with Gasteiger partial charge in [-0.3, -0.25) is 0 Å². The summed E-state index contributed by atoms with van der Waals surface area (Å²) in [7, 11) is 1.63. The molecule has 0 amide bonds. The molecule has 0 radical (unpaired) electrons. The molecule has 2 aromatic rings. The molecule has 1 aromatic carbocycles. The molecule has 0 saturated carbocycles. The average Bonchev–Trinajstić information content (AvgIpc) is 2.78. The Morgan fingerprint density at radius 2 is 2.28 bits per heavy atom. The van der Waals surface area contributed by atoms with E-state index in [1.54, 1.807) is 19.4 Å². The number of benzene rings is 1. The monoisotopic (exact) mass is 265 g/mol. The van der Waals surface area contributed by atoms with Crippen molar-refractivity contribution in [3.05, 3.63) is 35.6 Å². The number of nitrogens with one attached hydrogen (secondary N) is 1. The van der Waals surface area contributed by atoms with Gasteiger partial charge in [0.1, 0.15) is 5.75 Å². The summed E-state index contributed by atoms with van der Waals surface area (Å²) in [6.45, 7) is 3.05. The van der Waals surface area contributed by atoms with E-state index in [9.17, 15) is 0 Å². The van der Waals surface area contributed by atoms with Gasteiger partial charge in [-0.05, 0) is 24.6 Å². The van der Waals surface area contributed by atoms with Crippen molar-refractivity contribution in [3.8, 4) is 5.75 Å². The second kappa shape index (κ2) is 5.78. The highest BCUT2D eigenvalue weighted by Gasteiger charge is 2.07. The average molecular weight is 266 g/mol. The second-order valence-electron chi connectivity index (χ2n) is 3.91. The quantitative estimate of drug-likeness (QED) is 0.896. The zero-order valence-electron chi connectivity index (χ0n) is 10.5. The van der Waals surface area contributed by atoms with Gasteiger partial charge in [0.25, 0.3) is 0 Å². The molecule has 18 heavy (non-hydrogen) atoms. The number of aromatic nitrogens is 2. The van der Waals surface area contributed by atoms with E-state index in [2.05, 4.69) is 21.8 Å². The minimum absolute atomic E-state index is 0.659. The molecule has 0 bridgehead atoms. The van der Waals surface area contributed by atoms with Gasteiger partial charge in [0.2, 0.25) is 5.95 Å². The summed E-state index contributed by atoms with van der Waals surface area (Å²) in [6, 6.07) is 5.45. The number of halogens is 1. The van der Waals surface area contributed by atoms with Crippen LogP contribution < -0.4 is 10.1 Å². The number of hydrogen-bond acceptors (Lipinski definition) is 3. The first kappa shape index (κ1) is 12.8. The third kappa shape index (κ3) is 2.76. The van der Waals surface area contributed by atoms with Gasteiger partial charge in [-0.1, -0.05) is 18.5 Å². The third-order valence-electron chi connectivity index (χ3n) is 2.59. The number of hydrogen-bond donors (Lipinski definition) is 1. The fraction of sp³-hybridized carbons (Fsp3) is 0.308. The zero-order valence-corrected chi connectivity index (χ0v) is 11.2. The molecule has 0 saturated heterocycles. The van der Waals surface area contributed by atoms with Crippen LogP contribution in [0.5, 0.6) is 5.75 Å². The van der Waals surface area contributed by atoms with E-state index in [0.717, 1.165) is 30.4 Å². The Balaban J connectivity index is 2.27. The number of aryl methyl sites for hydroxylation is 1. The van der Waals surface area contributed by atoms with Gasteiger partial charge in [-0.15, -0.1) is 0 Å². The molecule has 0 unspecified atom stereocenters. The standard InChI is InChI=1S/C13H16ClN3O/c1-3-7-17-8-6-15-13(17)16-11-9-10(14)4-5-12(11)18-2/h4-6,8-9H,3,7H2,1-2H3,(H,15,16). The minimum Gasteiger partial charge on any atom is -0.495 e. The van der Waals surface area contributed by atoms with Crippen LogP contribution in [-0.4, -0.2) is 16.7 Å². The lowest BCUT2D eigenvalue weighted by Gasteiger charge is -2.12. The van der Waals surface area contributed by atoms with Crippen LogP contribution in [0.15, 0.2) is 30.6 Å². The van der Waals surface area contributed by atoms with Crippen LogP contribution in [0, 0.1) is 0 Å². The third-order valence-corrected chi connectivity index (χ3v) is 2.82. The summed E-state index contributed by atoms with van der Waals surface area (Å²) in [4.78, 5) is 4.29. The van der Waals surface area contributed by atoms with Crippen molar-refractivity contribution in [3.63, 3.8) is 0 Å². The SMILES string of the molecule is CCCn1ccnc1Nc1cc(Cl)ccc1OC. The highest BCUT2D eigenvalue weighted by molar-refractivity contribution is 6.30. The molecule has 4 nitrogen and oxygen atoms in total. The maximum absolute atomic E-state index is 5.99. The van der Waals surface area contributed by atoms with E-state index in [4.69, 9.17) is 16.3 Å². The van der Waals surface area contributed by atoms with Crippen molar-refractivity contribution in [2.45, 2.75) is 19.9 Å².